The molecule has 0 aliphatic carbocycles. The van der Waals surface area contributed by atoms with Gasteiger partial charge in [-0.1, -0.05) is 0 Å². The number of aromatic nitrogens is 2. The maximum Gasteiger partial charge on any atom is 0.137 e. The minimum absolute atomic E-state index is 0.741. The normalized spacial score (nSPS) is 10.9. The van der Waals surface area contributed by atoms with Gasteiger partial charge < -0.3 is 14.0 Å². The Morgan fingerprint density at radius 2 is 1.86 bits per heavy atom. The van der Waals surface area contributed by atoms with Crippen LogP contribution in [0.15, 0.2) is 36.5 Å². The van der Waals surface area contributed by atoms with Gasteiger partial charge in [-0.15, -0.1) is 0 Å². The lowest BCUT2D eigenvalue weighted by Gasteiger charge is -2.10. The molecule has 0 unspecified atom stereocenters. The molecule has 2 aromatic heterocycles. The lowest BCUT2D eigenvalue weighted by Crippen LogP contribution is -2.03. The first kappa shape index (κ1) is 14.4. The minimum Gasteiger partial charge on any atom is -0.496 e. The Morgan fingerprint density at radius 3 is 2.50 bits per heavy atom. The van der Waals surface area contributed by atoms with Gasteiger partial charge in [-0.25, -0.2) is 0 Å². The van der Waals surface area contributed by atoms with E-state index in [-0.39, 0.29) is 0 Å². The summed E-state index contributed by atoms with van der Waals surface area (Å²) in [5, 5.41) is 1.19. The number of rotatable bonds is 4. The summed E-state index contributed by atoms with van der Waals surface area (Å²) in [4.78, 5) is 4.46. The molecule has 4 heteroatoms. The van der Waals surface area contributed by atoms with Crippen molar-refractivity contribution in [3.05, 3.63) is 53.5 Å². The van der Waals surface area contributed by atoms with Gasteiger partial charge >= 0.3 is 0 Å². The molecule has 0 N–H and O–H groups in total. The van der Waals surface area contributed by atoms with Gasteiger partial charge in [-0.3, -0.25) is 4.98 Å². The lowest BCUT2D eigenvalue weighted by molar-refractivity contribution is 0.412. The smallest absolute Gasteiger partial charge is 0.137 e. The second-order valence-electron chi connectivity index (χ2n) is 5.44. The van der Waals surface area contributed by atoms with Crippen molar-refractivity contribution in [3.63, 3.8) is 0 Å². The molecule has 0 atom stereocenters. The largest absolute Gasteiger partial charge is 0.496 e. The molecule has 0 saturated carbocycles. The monoisotopic (exact) mass is 296 g/mol. The van der Waals surface area contributed by atoms with E-state index < -0.39 is 0 Å². The number of benzene rings is 1. The Bertz CT molecular complexity index is 804. The number of nitrogens with zero attached hydrogens (tertiary/aromatic N) is 2. The standard InChI is InChI=1S/C18H20N2O2/c1-12-7-17-14(9-18(12)22-4)8-13(2)20(17)11-15-5-6-16(21-3)10-19-15/h5-10H,11H2,1-4H3. The fourth-order valence-electron chi connectivity index (χ4n) is 2.75. The van der Waals surface area contributed by atoms with Crippen molar-refractivity contribution in [1.82, 2.24) is 9.55 Å². The SMILES string of the molecule is COc1ccc(Cn2c(C)cc3cc(OC)c(C)cc32)nc1. The molecule has 0 amide bonds. The Kier molecular flexibility index (Phi) is 3.75. The fourth-order valence-corrected chi connectivity index (χ4v) is 2.75. The molecule has 0 aliphatic heterocycles. The van der Waals surface area contributed by atoms with Crippen LogP contribution in [0.4, 0.5) is 0 Å². The van der Waals surface area contributed by atoms with Crippen molar-refractivity contribution in [2.45, 2.75) is 20.4 Å². The number of methoxy groups -OCH3 is 2. The van der Waals surface area contributed by atoms with Crippen LogP contribution in [0.25, 0.3) is 10.9 Å². The topological polar surface area (TPSA) is 36.3 Å². The number of fused-ring (bicyclic) bond motifs is 1. The quantitative estimate of drug-likeness (QED) is 0.736. The molecule has 0 saturated heterocycles. The minimum atomic E-state index is 0.741. The molecule has 0 radical (unpaired) electrons. The molecule has 3 aromatic rings. The molecular formula is C18H20N2O2. The van der Waals surface area contributed by atoms with Crippen LogP contribution in [-0.4, -0.2) is 23.8 Å². The highest BCUT2D eigenvalue weighted by atomic mass is 16.5. The van der Waals surface area contributed by atoms with E-state index in [0.717, 1.165) is 29.3 Å². The average Bonchev–Trinajstić information content (AvgIpc) is 2.82. The maximum absolute atomic E-state index is 5.41. The van der Waals surface area contributed by atoms with Gasteiger partial charge in [0.15, 0.2) is 0 Å². The summed E-state index contributed by atoms with van der Waals surface area (Å²) in [5.74, 6) is 1.70. The summed E-state index contributed by atoms with van der Waals surface area (Å²) in [6, 6.07) is 10.4. The Morgan fingerprint density at radius 1 is 1.05 bits per heavy atom. The molecule has 22 heavy (non-hydrogen) atoms. The molecule has 2 heterocycles. The van der Waals surface area contributed by atoms with E-state index in [1.54, 1.807) is 20.4 Å². The van der Waals surface area contributed by atoms with Crippen LogP contribution in [0, 0.1) is 13.8 Å². The predicted molar refractivity (Wildman–Crippen MR) is 87.9 cm³/mol. The van der Waals surface area contributed by atoms with Gasteiger partial charge in [0.2, 0.25) is 0 Å². The highest BCUT2D eigenvalue weighted by Gasteiger charge is 2.10. The van der Waals surface area contributed by atoms with Crippen LogP contribution in [0.2, 0.25) is 0 Å². The fraction of sp³-hybridized carbons (Fsp3) is 0.278. The zero-order chi connectivity index (χ0) is 15.7. The second kappa shape index (κ2) is 5.72. The maximum atomic E-state index is 5.41. The third kappa shape index (κ3) is 2.52. The first-order valence-electron chi connectivity index (χ1n) is 7.25. The van der Waals surface area contributed by atoms with Crippen LogP contribution >= 0.6 is 0 Å². The Labute approximate surface area is 130 Å². The number of pyridine rings is 1. The lowest BCUT2D eigenvalue weighted by atomic mass is 10.1. The Balaban J connectivity index is 2.02. The highest BCUT2D eigenvalue weighted by Crippen LogP contribution is 2.28. The average molecular weight is 296 g/mol. The summed E-state index contributed by atoms with van der Waals surface area (Å²) in [6.07, 6.45) is 1.75. The van der Waals surface area contributed by atoms with E-state index in [9.17, 15) is 0 Å². The van der Waals surface area contributed by atoms with Gasteiger partial charge in [0.25, 0.3) is 0 Å². The molecule has 1 aromatic carbocycles. The summed E-state index contributed by atoms with van der Waals surface area (Å²) < 4.78 is 12.8. The zero-order valence-corrected chi connectivity index (χ0v) is 13.4. The van der Waals surface area contributed by atoms with Crippen LogP contribution in [0.3, 0.4) is 0 Å². The number of aryl methyl sites for hydroxylation is 2. The predicted octanol–water partition coefficient (Wildman–Crippen LogP) is 3.72. The van der Waals surface area contributed by atoms with E-state index in [4.69, 9.17) is 9.47 Å². The molecular weight excluding hydrogens is 276 g/mol. The van der Waals surface area contributed by atoms with E-state index in [0.29, 0.717) is 0 Å². The molecule has 0 fully saturated rings. The zero-order valence-electron chi connectivity index (χ0n) is 13.4. The van der Waals surface area contributed by atoms with Crippen molar-refractivity contribution in [1.29, 1.82) is 0 Å². The number of hydrogen-bond acceptors (Lipinski definition) is 3. The Hall–Kier alpha value is -2.49. The van der Waals surface area contributed by atoms with Gasteiger partial charge in [-0.2, -0.15) is 0 Å². The van der Waals surface area contributed by atoms with E-state index in [1.807, 2.05) is 12.1 Å². The number of ether oxygens (including phenoxy) is 2. The molecule has 0 aliphatic rings. The number of hydrogen-bond donors (Lipinski definition) is 0. The summed E-state index contributed by atoms with van der Waals surface area (Å²) in [5.41, 5.74) is 4.56. The van der Waals surface area contributed by atoms with E-state index in [2.05, 4.69) is 41.6 Å². The third-order valence-electron chi connectivity index (χ3n) is 3.98. The summed E-state index contributed by atoms with van der Waals surface area (Å²) in [6.45, 7) is 4.92. The molecule has 4 nitrogen and oxygen atoms in total. The van der Waals surface area contributed by atoms with Crippen LogP contribution in [0.5, 0.6) is 11.5 Å². The highest BCUT2D eigenvalue weighted by molar-refractivity contribution is 5.84. The first-order chi connectivity index (χ1) is 10.6. The third-order valence-corrected chi connectivity index (χ3v) is 3.98. The van der Waals surface area contributed by atoms with Gasteiger partial charge in [0.1, 0.15) is 11.5 Å². The van der Waals surface area contributed by atoms with Crippen molar-refractivity contribution in [2.24, 2.45) is 0 Å². The van der Waals surface area contributed by atoms with Gasteiger partial charge in [0.05, 0.1) is 32.7 Å². The molecule has 114 valence electrons. The summed E-state index contributed by atoms with van der Waals surface area (Å²) >= 11 is 0. The van der Waals surface area contributed by atoms with Crippen molar-refractivity contribution in [3.8, 4) is 11.5 Å². The van der Waals surface area contributed by atoms with Crippen LogP contribution < -0.4 is 9.47 Å². The molecule has 3 rings (SSSR count). The van der Waals surface area contributed by atoms with Crippen molar-refractivity contribution < 1.29 is 9.47 Å². The molecule has 0 spiro atoms. The van der Waals surface area contributed by atoms with Crippen LogP contribution in [0.1, 0.15) is 17.0 Å². The van der Waals surface area contributed by atoms with Crippen LogP contribution in [-0.2, 0) is 6.54 Å². The first-order valence-corrected chi connectivity index (χ1v) is 7.25. The summed E-state index contributed by atoms with van der Waals surface area (Å²) in [7, 11) is 3.36. The van der Waals surface area contributed by atoms with E-state index in [1.165, 1.54) is 16.6 Å². The second-order valence-corrected chi connectivity index (χ2v) is 5.44. The van der Waals surface area contributed by atoms with Crippen molar-refractivity contribution >= 4 is 10.9 Å². The van der Waals surface area contributed by atoms with Gasteiger partial charge in [0, 0.05) is 16.6 Å². The van der Waals surface area contributed by atoms with Crippen molar-refractivity contribution in [2.75, 3.05) is 14.2 Å². The van der Waals surface area contributed by atoms with Gasteiger partial charge in [-0.05, 0) is 49.7 Å². The van der Waals surface area contributed by atoms with E-state index >= 15 is 0 Å². The molecule has 0 bridgehead atoms.